The fourth-order valence-corrected chi connectivity index (χ4v) is 3.09. The van der Waals surface area contributed by atoms with Crippen molar-refractivity contribution in [3.63, 3.8) is 0 Å². The smallest absolute Gasteiger partial charge is 0.256 e. The minimum absolute atomic E-state index is 0.00906. The Morgan fingerprint density at radius 3 is 2.68 bits per heavy atom. The summed E-state index contributed by atoms with van der Waals surface area (Å²) in [5, 5.41) is 2.67. The van der Waals surface area contributed by atoms with Crippen LogP contribution in [0.1, 0.15) is 15.9 Å². The molecule has 0 bridgehead atoms. The molecule has 1 amide bonds. The Labute approximate surface area is 146 Å². The maximum Gasteiger partial charge on any atom is 0.256 e. The third-order valence-electron chi connectivity index (χ3n) is 3.41. The Kier molecular flexibility index (Phi) is 6.07. The Morgan fingerprint density at radius 1 is 1.28 bits per heavy atom. The number of methoxy groups -OCH3 is 1. The summed E-state index contributed by atoms with van der Waals surface area (Å²) in [7, 11) is -2.24. The molecule has 0 fully saturated rings. The molecule has 9 heteroatoms. The van der Waals surface area contributed by atoms with E-state index >= 15 is 0 Å². The van der Waals surface area contributed by atoms with Crippen molar-refractivity contribution in [1.82, 2.24) is 9.71 Å². The van der Waals surface area contributed by atoms with Gasteiger partial charge in [0.05, 0.1) is 23.4 Å². The predicted molar refractivity (Wildman–Crippen MR) is 94.8 cm³/mol. The Balaban J connectivity index is 2.23. The molecule has 0 radical (unpaired) electrons. The minimum atomic E-state index is -3.72. The van der Waals surface area contributed by atoms with Crippen molar-refractivity contribution in [2.45, 2.75) is 11.8 Å². The molecule has 1 aromatic heterocycles. The van der Waals surface area contributed by atoms with Gasteiger partial charge in [-0.2, -0.15) is 0 Å². The standard InChI is InChI=1S/C16H20N4O4S/c1-11-3-5-13(25(22,23)19-7-8-24-2)9-14(11)16(21)20-12-4-6-15(17)18-10-12/h3-6,9-10,19H,7-8H2,1-2H3,(H2,17,18)(H,20,21). The molecule has 25 heavy (non-hydrogen) atoms. The van der Waals surface area contributed by atoms with Crippen molar-refractivity contribution >= 4 is 27.4 Å². The number of pyridine rings is 1. The molecule has 0 saturated heterocycles. The molecule has 1 aromatic carbocycles. The maximum atomic E-state index is 12.5. The molecule has 8 nitrogen and oxygen atoms in total. The van der Waals surface area contributed by atoms with Crippen LogP contribution in [0.4, 0.5) is 11.5 Å². The van der Waals surface area contributed by atoms with Gasteiger partial charge in [0.15, 0.2) is 0 Å². The average Bonchev–Trinajstić information content (AvgIpc) is 2.57. The summed E-state index contributed by atoms with van der Waals surface area (Å²) >= 11 is 0. The fraction of sp³-hybridized carbons (Fsp3) is 0.250. The molecule has 0 atom stereocenters. The minimum Gasteiger partial charge on any atom is -0.384 e. The molecule has 0 spiro atoms. The van der Waals surface area contributed by atoms with Crippen molar-refractivity contribution < 1.29 is 17.9 Å². The topological polar surface area (TPSA) is 123 Å². The van der Waals surface area contributed by atoms with Crippen molar-refractivity contribution in [3.8, 4) is 0 Å². The number of hydrogen-bond acceptors (Lipinski definition) is 6. The lowest BCUT2D eigenvalue weighted by molar-refractivity contribution is 0.102. The van der Waals surface area contributed by atoms with E-state index in [1.807, 2.05) is 0 Å². The van der Waals surface area contributed by atoms with Gasteiger partial charge in [0.2, 0.25) is 10.0 Å². The SMILES string of the molecule is COCCNS(=O)(=O)c1ccc(C)c(C(=O)Nc2ccc(N)nc2)c1. The van der Waals surface area contributed by atoms with Gasteiger partial charge in [-0.15, -0.1) is 0 Å². The molecular weight excluding hydrogens is 344 g/mol. The van der Waals surface area contributed by atoms with E-state index in [0.29, 0.717) is 17.1 Å². The molecule has 0 unspecified atom stereocenters. The number of aromatic nitrogens is 1. The van der Waals surface area contributed by atoms with Crippen LogP contribution in [-0.2, 0) is 14.8 Å². The highest BCUT2D eigenvalue weighted by Crippen LogP contribution is 2.17. The molecule has 4 N–H and O–H groups in total. The van der Waals surface area contributed by atoms with Crippen molar-refractivity contribution in [2.24, 2.45) is 0 Å². The number of carbonyl (C=O) groups excluding carboxylic acids is 1. The number of aryl methyl sites for hydroxylation is 1. The number of nitrogens with one attached hydrogen (secondary N) is 2. The van der Waals surface area contributed by atoms with Gasteiger partial charge in [-0.05, 0) is 36.8 Å². The summed E-state index contributed by atoms with van der Waals surface area (Å²) in [6.07, 6.45) is 1.43. The van der Waals surface area contributed by atoms with Crippen LogP contribution in [0.2, 0.25) is 0 Å². The molecule has 1 heterocycles. The number of amides is 1. The molecule has 134 valence electrons. The van der Waals surface area contributed by atoms with Crippen molar-refractivity contribution in [1.29, 1.82) is 0 Å². The Hall–Kier alpha value is -2.49. The third-order valence-corrected chi connectivity index (χ3v) is 4.87. The number of rotatable bonds is 7. The summed E-state index contributed by atoms with van der Waals surface area (Å²) < 4.78 is 31.8. The number of nitrogen functional groups attached to an aromatic ring is 1. The van der Waals surface area contributed by atoms with Crippen molar-refractivity contribution in [3.05, 3.63) is 47.7 Å². The monoisotopic (exact) mass is 364 g/mol. The van der Waals surface area contributed by atoms with E-state index in [1.165, 1.54) is 25.4 Å². The molecule has 2 aromatic rings. The second-order valence-corrected chi connectivity index (χ2v) is 7.06. The van der Waals surface area contributed by atoms with Gasteiger partial charge in [0.25, 0.3) is 5.91 Å². The summed E-state index contributed by atoms with van der Waals surface area (Å²) in [6.45, 7) is 2.12. The first-order chi connectivity index (χ1) is 11.8. The number of hydrogen-bond donors (Lipinski definition) is 3. The lowest BCUT2D eigenvalue weighted by atomic mass is 10.1. The molecule has 0 aliphatic rings. The number of benzene rings is 1. The van der Waals surface area contributed by atoms with Crippen LogP contribution in [0.15, 0.2) is 41.4 Å². The Morgan fingerprint density at radius 2 is 2.04 bits per heavy atom. The highest BCUT2D eigenvalue weighted by Gasteiger charge is 2.18. The molecule has 2 rings (SSSR count). The number of sulfonamides is 1. The predicted octanol–water partition coefficient (Wildman–Crippen LogP) is 1.15. The zero-order valence-electron chi connectivity index (χ0n) is 13.9. The average molecular weight is 364 g/mol. The number of nitrogens with two attached hydrogens (primary N) is 1. The highest BCUT2D eigenvalue weighted by molar-refractivity contribution is 7.89. The van der Waals surface area contributed by atoms with Gasteiger partial charge >= 0.3 is 0 Å². The first kappa shape index (κ1) is 18.8. The zero-order valence-corrected chi connectivity index (χ0v) is 14.8. The second-order valence-electron chi connectivity index (χ2n) is 5.29. The fourth-order valence-electron chi connectivity index (χ4n) is 2.05. The molecule has 0 aliphatic heterocycles. The molecule has 0 saturated carbocycles. The van der Waals surface area contributed by atoms with E-state index in [0.717, 1.165) is 0 Å². The first-order valence-corrected chi connectivity index (χ1v) is 8.94. The van der Waals surface area contributed by atoms with E-state index in [-0.39, 0.29) is 23.6 Å². The van der Waals surface area contributed by atoms with Crippen LogP contribution in [0, 0.1) is 6.92 Å². The van der Waals surface area contributed by atoms with Gasteiger partial charge in [0.1, 0.15) is 5.82 Å². The number of nitrogens with zero attached hydrogens (tertiary/aromatic N) is 1. The number of anilines is 2. The van der Waals surface area contributed by atoms with Crippen LogP contribution < -0.4 is 15.8 Å². The van der Waals surface area contributed by atoms with Gasteiger partial charge < -0.3 is 15.8 Å². The lowest BCUT2D eigenvalue weighted by Gasteiger charge is -2.11. The van der Waals surface area contributed by atoms with Crippen LogP contribution in [0.25, 0.3) is 0 Å². The van der Waals surface area contributed by atoms with Crippen LogP contribution in [-0.4, -0.2) is 39.6 Å². The lowest BCUT2D eigenvalue weighted by Crippen LogP contribution is -2.27. The van der Waals surface area contributed by atoms with Crippen molar-refractivity contribution in [2.75, 3.05) is 31.3 Å². The summed E-state index contributed by atoms with van der Waals surface area (Å²) in [5.74, 6) is -0.0950. The normalized spacial score (nSPS) is 11.3. The van der Waals surface area contributed by atoms with Gasteiger partial charge in [0, 0.05) is 19.2 Å². The van der Waals surface area contributed by atoms with Gasteiger partial charge in [-0.1, -0.05) is 6.07 Å². The third kappa shape index (κ3) is 4.99. The van der Waals surface area contributed by atoms with Gasteiger partial charge in [-0.3, -0.25) is 4.79 Å². The van der Waals surface area contributed by atoms with E-state index in [2.05, 4.69) is 15.0 Å². The van der Waals surface area contributed by atoms with E-state index in [1.54, 1.807) is 25.1 Å². The number of ether oxygens (including phenoxy) is 1. The van der Waals surface area contributed by atoms with Crippen LogP contribution >= 0.6 is 0 Å². The van der Waals surface area contributed by atoms with E-state index < -0.39 is 15.9 Å². The largest absolute Gasteiger partial charge is 0.384 e. The molecule has 0 aliphatic carbocycles. The van der Waals surface area contributed by atoms with Crippen LogP contribution in [0.5, 0.6) is 0 Å². The number of carbonyl (C=O) groups is 1. The van der Waals surface area contributed by atoms with Crippen LogP contribution in [0.3, 0.4) is 0 Å². The second kappa shape index (κ2) is 8.06. The summed E-state index contributed by atoms with van der Waals surface area (Å²) in [5.41, 5.74) is 6.87. The summed E-state index contributed by atoms with van der Waals surface area (Å²) in [6, 6.07) is 7.54. The van der Waals surface area contributed by atoms with E-state index in [9.17, 15) is 13.2 Å². The van der Waals surface area contributed by atoms with E-state index in [4.69, 9.17) is 10.5 Å². The summed E-state index contributed by atoms with van der Waals surface area (Å²) in [4.78, 5) is 16.4. The Bertz CT molecular complexity index is 851. The highest BCUT2D eigenvalue weighted by atomic mass is 32.2. The zero-order chi connectivity index (χ0) is 18.4. The van der Waals surface area contributed by atoms with Gasteiger partial charge in [-0.25, -0.2) is 18.1 Å². The first-order valence-electron chi connectivity index (χ1n) is 7.45. The maximum absolute atomic E-state index is 12.5. The molecular formula is C16H20N4O4S. The quantitative estimate of drug-likeness (QED) is 0.633.